The summed E-state index contributed by atoms with van der Waals surface area (Å²) in [6.45, 7) is 6.33. The number of nitrogens with one attached hydrogen (secondary N) is 1. The van der Waals surface area contributed by atoms with Crippen LogP contribution in [0, 0.1) is 0 Å². The van der Waals surface area contributed by atoms with Crippen molar-refractivity contribution >= 4 is 5.97 Å². The molecule has 4 nitrogen and oxygen atoms in total. The van der Waals surface area contributed by atoms with Gasteiger partial charge < -0.3 is 4.74 Å². The molecule has 1 aromatic rings. The van der Waals surface area contributed by atoms with Gasteiger partial charge in [0.05, 0.1) is 6.61 Å². The Morgan fingerprint density at radius 3 is 2.83 bits per heavy atom. The number of rotatable bonds is 7. The first-order chi connectivity index (χ1) is 8.69. The van der Waals surface area contributed by atoms with Gasteiger partial charge in [-0.15, -0.1) is 0 Å². The third-order valence-corrected chi connectivity index (χ3v) is 2.78. The van der Waals surface area contributed by atoms with Gasteiger partial charge in [0.1, 0.15) is 6.04 Å². The lowest BCUT2D eigenvalue weighted by Crippen LogP contribution is -2.39. The van der Waals surface area contributed by atoms with E-state index in [2.05, 4.69) is 17.2 Å². The Kier molecular flexibility index (Phi) is 6.36. The molecule has 1 N–H and O–H groups in total. The average Bonchev–Trinajstić information content (AvgIpc) is 2.39. The largest absolute Gasteiger partial charge is 0.465 e. The Morgan fingerprint density at radius 1 is 1.50 bits per heavy atom. The van der Waals surface area contributed by atoms with Gasteiger partial charge in [-0.25, -0.2) is 0 Å². The van der Waals surface area contributed by atoms with Gasteiger partial charge >= 0.3 is 5.97 Å². The van der Waals surface area contributed by atoms with Crippen LogP contribution >= 0.6 is 0 Å². The number of pyridine rings is 1. The lowest BCUT2D eigenvalue weighted by Gasteiger charge is -2.21. The van der Waals surface area contributed by atoms with E-state index < -0.39 is 0 Å². The molecule has 100 valence electrons. The van der Waals surface area contributed by atoms with Crippen molar-refractivity contribution in [2.24, 2.45) is 0 Å². The van der Waals surface area contributed by atoms with Gasteiger partial charge in [0.2, 0.25) is 0 Å². The summed E-state index contributed by atoms with van der Waals surface area (Å²) in [6.07, 6.45) is 5.27. The molecule has 18 heavy (non-hydrogen) atoms. The van der Waals surface area contributed by atoms with Crippen LogP contribution in [0.1, 0.15) is 45.2 Å². The van der Waals surface area contributed by atoms with Crippen molar-refractivity contribution in [3.63, 3.8) is 0 Å². The molecule has 1 rings (SSSR count). The van der Waals surface area contributed by atoms with E-state index in [0.29, 0.717) is 6.61 Å². The number of hydrogen-bond acceptors (Lipinski definition) is 4. The number of nitrogens with zero attached hydrogens (tertiary/aromatic N) is 1. The molecule has 4 heteroatoms. The fourth-order valence-corrected chi connectivity index (χ4v) is 1.83. The molecule has 0 radical (unpaired) electrons. The van der Waals surface area contributed by atoms with Crippen molar-refractivity contribution in [2.45, 2.75) is 45.7 Å². The predicted octanol–water partition coefficient (Wildman–Crippen LogP) is 2.46. The molecule has 0 aliphatic carbocycles. The standard InChI is InChI=1S/C14H22N2O2/c1-4-7-13(14(17)18-5-2)16-11(3)12-8-6-9-15-10-12/h6,8-11,13,16H,4-5,7H2,1-3H3/t11-,13?/m0/s1. The molecule has 1 aromatic heterocycles. The van der Waals surface area contributed by atoms with Gasteiger partial charge in [0, 0.05) is 18.4 Å². The smallest absolute Gasteiger partial charge is 0.323 e. The normalized spacial score (nSPS) is 13.9. The first-order valence-electron chi connectivity index (χ1n) is 6.51. The number of hydrogen-bond donors (Lipinski definition) is 1. The van der Waals surface area contributed by atoms with Crippen LogP contribution in [0.4, 0.5) is 0 Å². The Bertz CT molecular complexity index is 354. The van der Waals surface area contributed by atoms with E-state index in [9.17, 15) is 4.79 Å². The minimum Gasteiger partial charge on any atom is -0.465 e. The Balaban J connectivity index is 2.63. The fraction of sp³-hybridized carbons (Fsp3) is 0.571. The van der Waals surface area contributed by atoms with Gasteiger partial charge in [-0.3, -0.25) is 15.1 Å². The summed E-state index contributed by atoms with van der Waals surface area (Å²) in [4.78, 5) is 15.9. The van der Waals surface area contributed by atoms with Gasteiger partial charge in [-0.1, -0.05) is 19.4 Å². The summed E-state index contributed by atoms with van der Waals surface area (Å²) in [5.74, 6) is -0.171. The van der Waals surface area contributed by atoms with E-state index in [1.807, 2.05) is 32.2 Å². The van der Waals surface area contributed by atoms with Crippen LogP contribution in [0.3, 0.4) is 0 Å². The number of ether oxygens (including phenoxy) is 1. The zero-order chi connectivity index (χ0) is 13.4. The van der Waals surface area contributed by atoms with E-state index in [0.717, 1.165) is 18.4 Å². The van der Waals surface area contributed by atoms with Crippen molar-refractivity contribution < 1.29 is 9.53 Å². The van der Waals surface area contributed by atoms with Gasteiger partial charge in [0.15, 0.2) is 0 Å². The molecule has 0 fully saturated rings. The maximum atomic E-state index is 11.8. The highest BCUT2D eigenvalue weighted by Gasteiger charge is 2.21. The van der Waals surface area contributed by atoms with Gasteiger partial charge in [-0.05, 0) is 31.9 Å². The third-order valence-electron chi connectivity index (χ3n) is 2.78. The second-order valence-electron chi connectivity index (χ2n) is 4.27. The van der Waals surface area contributed by atoms with Crippen LogP contribution in [-0.2, 0) is 9.53 Å². The molecule has 0 spiro atoms. The summed E-state index contributed by atoms with van der Waals surface area (Å²) < 4.78 is 5.08. The molecule has 0 saturated heterocycles. The highest BCUT2D eigenvalue weighted by atomic mass is 16.5. The van der Waals surface area contributed by atoms with Crippen molar-refractivity contribution in [3.05, 3.63) is 30.1 Å². The molecule has 0 saturated carbocycles. The van der Waals surface area contributed by atoms with E-state index >= 15 is 0 Å². The molecule has 0 amide bonds. The van der Waals surface area contributed by atoms with Crippen molar-refractivity contribution in [3.8, 4) is 0 Å². The van der Waals surface area contributed by atoms with E-state index in [4.69, 9.17) is 4.74 Å². The lowest BCUT2D eigenvalue weighted by molar-refractivity contribution is -0.146. The summed E-state index contributed by atoms with van der Waals surface area (Å²) in [7, 11) is 0. The Morgan fingerprint density at radius 2 is 2.28 bits per heavy atom. The first kappa shape index (κ1) is 14.6. The molecular formula is C14H22N2O2. The SMILES string of the molecule is CCCC(N[C@@H](C)c1cccnc1)C(=O)OCC. The molecule has 0 bridgehead atoms. The fourth-order valence-electron chi connectivity index (χ4n) is 1.83. The minimum absolute atomic E-state index is 0.0830. The van der Waals surface area contributed by atoms with Crippen LogP contribution in [0.5, 0.6) is 0 Å². The molecular weight excluding hydrogens is 228 g/mol. The molecule has 0 aromatic carbocycles. The van der Waals surface area contributed by atoms with Crippen LogP contribution < -0.4 is 5.32 Å². The van der Waals surface area contributed by atoms with Crippen molar-refractivity contribution in [1.29, 1.82) is 0 Å². The lowest BCUT2D eigenvalue weighted by atomic mass is 10.1. The number of esters is 1. The molecule has 0 aliphatic rings. The zero-order valence-electron chi connectivity index (χ0n) is 11.3. The van der Waals surface area contributed by atoms with E-state index in [-0.39, 0.29) is 18.1 Å². The van der Waals surface area contributed by atoms with Gasteiger partial charge in [-0.2, -0.15) is 0 Å². The highest BCUT2D eigenvalue weighted by molar-refractivity contribution is 5.75. The Labute approximate surface area is 109 Å². The Hall–Kier alpha value is -1.42. The van der Waals surface area contributed by atoms with E-state index in [1.165, 1.54) is 0 Å². The summed E-state index contributed by atoms with van der Waals surface area (Å²) in [6, 6.07) is 3.73. The molecule has 1 heterocycles. The molecule has 0 aliphatic heterocycles. The van der Waals surface area contributed by atoms with Crippen LogP contribution in [-0.4, -0.2) is 23.6 Å². The summed E-state index contributed by atoms with van der Waals surface area (Å²) >= 11 is 0. The van der Waals surface area contributed by atoms with Gasteiger partial charge in [0.25, 0.3) is 0 Å². The summed E-state index contributed by atoms with van der Waals surface area (Å²) in [5.41, 5.74) is 1.07. The number of aromatic nitrogens is 1. The second kappa shape index (κ2) is 7.82. The quantitative estimate of drug-likeness (QED) is 0.755. The maximum absolute atomic E-state index is 11.8. The predicted molar refractivity (Wildman–Crippen MR) is 71.1 cm³/mol. The highest BCUT2D eigenvalue weighted by Crippen LogP contribution is 2.13. The van der Waals surface area contributed by atoms with Crippen LogP contribution in [0.2, 0.25) is 0 Å². The molecule has 2 atom stereocenters. The van der Waals surface area contributed by atoms with E-state index in [1.54, 1.807) is 6.20 Å². The average molecular weight is 250 g/mol. The van der Waals surface area contributed by atoms with Crippen molar-refractivity contribution in [2.75, 3.05) is 6.61 Å². The van der Waals surface area contributed by atoms with Crippen LogP contribution in [0.15, 0.2) is 24.5 Å². The zero-order valence-corrected chi connectivity index (χ0v) is 11.3. The number of carbonyl (C=O) groups is 1. The van der Waals surface area contributed by atoms with Crippen molar-refractivity contribution in [1.82, 2.24) is 10.3 Å². The second-order valence-corrected chi connectivity index (χ2v) is 4.27. The summed E-state index contributed by atoms with van der Waals surface area (Å²) in [5, 5.41) is 3.30. The van der Waals surface area contributed by atoms with Crippen LogP contribution in [0.25, 0.3) is 0 Å². The monoisotopic (exact) mass is 250 g/mol. The first-order valence-corrected chi connectivity index (χ1v) is 6.51. The topological polar surface area (TPSA) is 51.2 Å². The molecule has 1 unspecified atom stereocenters. The minimum atomic E-state index is -0.245. The number of carbonyl (C=O) groups excluding carboxylic acids is 1. The third kappa shape index (κ3) is 4.45. The maximum Gasteiger partial charge on any atom is 0.323 e.